The fourth-order valence-corrected chi connectivity index (χ4v) is 2.13. The summed E-state index contributed by atoms with van der Waals surface area (Å²) in [5, 5.41) is 9.66. The van der Waals surface area contributed by atoms with Crippen molar-refractivity contribution in [3.05, 3.63) is 66.1 Å². The molecule has 0 spiro atoms. The summed E-state index contributed by atoms with van der Waals surface area (Å²) >= 11 is 0. The zero-order valence-corrected chi connectivity index (χ0v) is 11.3. The number of pyridine rings is 1. The molecule has 0 aliphatic heterocycles. The van der Waals surface area contributed by atoms with Crippen molar-refractivity contribution in [3.8, 4) is 11.8 Å². The van der Waals surface area contributed by atoms with E-state index in [4.69, 9.17) is 10.00 Å². The van der Waals surface area contributed by atoms with Crippen LogP contribution in [0.5, 0.6) is 5.75 Å². The number of hydrogen-bond acceptors (Lipinski definition) is 3. The van der Waals surface area contributed by atoms with Gasteiger partial charge >= 0.3 is 0 Å². The highest BCUT2D eigenvalue weighted by Crippen LogP contribution is 2.25. The summed E-state index contributed by atoms with van der Waals surface area (Å²) in [5.74, 6) is 0.789. The number of H-pyrrole nitrogens is 1. The van der Waals surface area contributed by atoms with Gasteiger partial charge in [0.2, 0.25) is 0 Å². The molecule has 0 fully saturated rings. The fraction of sp³-hybridized carbons (Fsp3) is 0.0588. The Labute approximate surface area is 122 Å². The Kier molecular flexibility index (Phi) is 3.66. The van der Waals surface area contributed by atoms with Crippen LogP contribution in [0.2, 0.25) is 0 Å². The maximum atomic E-state index is 8.62. The van der Waals surface area contributed by atoms with Gasteiger partial charge in [0.15, 0.2) is 0 Å². The molecule has 4 nitrogen and oxygen atoms in total. The predicted molar refractivity (Wildman–Crippen MR) is 81.5 cm³/mol. The van der Waals surface area contributed by atoms with E-state index in [1.54, 1.807) is 18.5 Å². The monoisotopic (exact) mass is 275 g/mol. The van der Waals surface area contributed by atoms with Gasteiger partial charge in [-0.25, -0.2) is 0 Å². The minimum atomic E-state index is 0.479. The molecule has 1 aromatic carbocycles. The third-order valence-electron chi connectivity index (χ3n) is 3.15. The molecule has 1 N–H and O–H groups in total. The predicted octanol–water partition coefficient (Wildman–Crippen LogP) is 3.68. The molecule has 0 atom stereocenters. The van der Waals surface area contributed by atoms with E-state index in [1.807, 2.05) is 42.6 Å². The van der Waals surface area contributed by atoms with E-state index in [0.29, 0.717) is 6.61 Å². The molecule has 0 unspecified atom stereocenters. The minimum absolute atomic E-state index is 0.479. The molecule has 0 bridgehead atoms. The fourth-order valence-electron chi connectivity index (χ4n) is 2.13. The average Bonchev–Trinajstić information content (AvgIpc) is 2.94. The first-order valence-electron chi connectivity index (χ1n) is 6.56. The van der Waals surface area contributed by atoms with Crippen LogP contribution in [0.4, 0.5) is 0 Å². The molecule has 102 valence electrons. The molecule has 2 heterocycles. The molecule has 3 aromatic rings. The molecule has 4 heteroatoms. The highest BCUT2D eigenvalue weighted by atomic mass is 16.5. The van der Waals surface area contributed by atoms with Crippen LogP contribution in [-0.4, -0.2) is 9.97 Å². The summed E-state index contributed by atoms with van der Waals surface area (Å²) in [5.41, 5.74) is 3.01. The van der Waals surface area contributed by atoms with Crippen LogP contribution in [0.3, 0.4) is 0 Å². The number of rotatable bonds is 4. The van der Waals surface area contributed by atoms with Crippen LogP contribution in [0.1, 0.15) is 11.1 Å². The van der Waals surface area contributed by atoms with Crippen LogP contribution >= 0.6 is 0 Å². The van der Waals surface area contributed by atoms with E-state index in [2.05, 4.69) is 9.97 Å². The van der Waals surface area contributed by atoms with E-state index in [1.165, 1.54) is 6.08 Å². The summed E-state index contributed by atoms with van der Waals surface area (Å²) in [4.78, 5) is 7.23. The number of hydrogen-bond donors (Lipinski definition) is 1. The molecule has 3 rings (SSSR count). The first-order chi connectivity index (χ1) is 10.4. The van der Waals surface area contributed by atoms with Crippen molar-refractivity contribution in [1.29, 1.82) is 5.26 Å². The Morgan fingerprint density at radius 1 is 1.33 bits per heavy atom. The number of nitrogens with zero attached hydrogens (tertiary/aromatic N) is 2. The minimum Gasteiger partial charge on any atom is -0.489 e. The van der Waals surface area contributed by atoms with Gasteiger partial charge in [0.25, 0.3) is 0 Å². The highest BCUT2D eigenvalue weighted by Gasteiger charge is 2.03. The van der Waals surface area contributed by atoms with Gasteiger partial charge in [0.1, 0.15) is 12.4 Å². The number of allylic oxidation sites excluding steroid dienone is 1. The maximum Gasteiger partial charge on any atom is 0.120 e. The number of nitrogens with one attached hydrogen (secondary N) is 1. The zero-order chi connectivity index (χ0) is 14.5. The average molecular weight is 275 g/mol. The molecular weight excluding hydrogens is 262 g/mol. The molecule has 0 aliphatic rings. The topological polar surface area (TPSA) is 61.7 Å². The van der Waals surface area contributed by atoms with Gasteiger partial charge in [0, 0.05) is 46.7 Å². The summed E-state index contributed by atoms with van der Waals surface area (Å²) in [6.07, 6.45) is 8.65. The normalized spacial score (nSPS) is 10.8. The Morgan fingerprint density at radius 2 is 2.29 bits per heavy atom. The van der Waals surface area contributed by atoms with Crippen molar-refractivity contribution >= 4 is 17.0 Å². The lowest BCUT2D eigenvalue weighted by molar-refractivity contribution is 0.306. The second-order valence-electron chi connectivity index (χ2n) is 4.56. The third-order valence-corrected chi connectivity index (χ3v) is 3.15. The Hall–Kier alpha value is -3.06. The van der Waals surface area contributed by atoms with Crippen molar-refractivity contribution in [1.82, 2.24) is 9.97 Å². The van der Waals surface area contributed by atoms with Crippen LogP contribution in [-0.2, 0) is 6.61 Å². The maximum absolute atomic E-state index is 8.62. The van der Waals surface area contributed by atoms with Crippen molar-refractivity contribution in [2.24, 2.45) is 0 Å². The second kappa shape index (κ2) is 5.93. The van der Waals surface area contributed by atoms with Crippen LogP contribution in [0.15, 0.2) is 55.0 Å². The van der Waals surface area contributed by atoms with Gasteiger partial charge in [-0.15, -0.1) is 0 Å². The number of benzene rings is 1. The lowest BCUT2D eigenvalue weighted by Gasteiger charge is -2.06. The van der Waals surface area contributed by atoms with E-state index in [0.717, 1.165) is 27.8 Å². The molecular formula is C17H13N3O. The number of fused-ring (bicyclic) bond motifs is 1. The molecule has 0 amide bonds. The SMILES string of the molecule is N#CC=Cc1c[nH]c2ccc(OCc3cccnc3)cc12. The van der Waals surface area contributed by atoms with Gasteiger partial charge in [0.05, 0.1) is 6.07 Å². The van der Waals surface area contributed by atoms with E-state index >= 15 is 0 Å². The van der Waals surface area contributed by atoms with E-state index in [9.17, 15) is 0 Å². The molecule has 21 heavy (non-hydrogen) atoms. The van der Waals surface area contributed by atoms with E-state index in [-0.39, 0.29) is 0 Å². The highest BCUT2D eigenvalue weighted by molar-refractivity contribution is 5.90. The van der Waals surface area contributed by atoms with Gasteiger partial charge in [-0.05, 0) is 30.3 Å². The molecule has 0 saturated carbocycles. The number of aromatic nitrogens is 2. The molecule has 2 aromatic heterocycles. The molecule has 0 radical (unpaired) electrons. The Bertz CT molecular complexity index is 813. The summed E-state index contributed by atoms with van der Waals surface area (Å²) < 4.78 is 5.79. The van der Waals surface area contributed by atoms with Gasteiger partial charge in [-0.2, -0.15) is 5.26 Å². The first kappa shape index (κ1) is 12.9. The molecule has 0 saturated heterocycles. The summed E-state index contributed by atoms with van der Waals surface area (Å²) in [6.45, 7) is 0.479. The standard InChI is InChI=1S/C17H13N3O/c18-7-1-4-14-11-20-17-6-5-15(9-16(14)17)21-12-13-3-2-8-19-10-13/h1-6,8-11,20H,12H2. The van der Waals surface area contributed by atoms with Gasteiger partial charge < -0.3 is 9.72 Å². The Balaban J connectivity index is 1.83. The van der Waals surface area contributed by atoms with Crippen molar-refractivity contribution in [2.75, 3.05) is 0 Å². The summed E-state index contributed by atoms with van der Waals surface area (Å²) in [7, 11) is 0. The van der Waals surface area contributed by atoms with Crippen molar-refractivity contribution < 1.29 is 4.74 Å². The quantitative estimate of drug-likeness (QED) is 0.739. The second-order valence-corrected chi connectivity index (χ2v) is 4.56. The molecule has 0 aliphatic carbocycles. The zero-order valence-electron chi connectivity index (χ0n) is 11.3. The Morgan fingerprint density at radius 3 is 3.10 bits per heavy atom. The third kappa shape index (κ3) is 2.93. The largest absolute Gasteiger partial charge is 0.489 e. The van der Waals surface area contributed by atoms with Crippen LogP contribution < -0.4 is 4.74 Å². The van der Waals surface area contributed by atoms with Gasteiger partial charge in [-0.3, -0.25) is 4.98 Å². The van der Waals surface area contributed by atoms with Gasteiger partial charge in [-0.1, -0.05) is 6.07 Å². The first-order valence-corrected chi connectivity index (χ1v) is 6.56. The number of ether oxygens (including phenoxy) is 1. The number of nitriles is 1. The lowest BCUT2D eigenvalue weighted by atomic mass is 10.1. The van der Waals surface area contributed by atoms with Crippen molar-refractivity contribution in [2.45, 2.75) is 6.61 Å². The van der Waals surface area contributed by atoms with Crippen molar-refractivity contribution in [3.63, 3.8) is 0 Å². The van der Waals surface area contributed by atoms with Crippen LogP contribution in [0.25, 0.3) is 17.0 Å². The smallest absolute Gasteiger partial charge is 0.120 e. The lowest BCUT2D eigenvalue weighted by Crippen LogP contribution is -1.95. The number of aromatic amines is 1. The summed E-state index contributed by atoms with van der Waals surface area (Å²) in [6, 6.07) is 11.7. The van der Waals surface area contributed by atoms with E-state index < -0.39 is 0 Å². The van der Waals surface area contributed by atoms with Crippen LogP contribution in [0, 0.1) is 11.3 Å².